The molecule has 0 saturated heterocycles. The van der Waals surface area contributed by atoms with E-state index in [0.717, 1.165) is 0 Å². The Morgan fingerprint density at radius 1 is 1.00 bits per heavy atom. The summed E-state index contributed by atoms with van der Waals surface area (Å²) < 4.78 is 17.2. The number of rotatable bonds is 6. The summed E-state index contributed by atoms with van der Waals surface area (Å²) in [7, 11) is 1.46. The first kappa shape index (κ1) is 24.5. The number of methoxy groups -OCH3 is 1. The van der Waals surface area contributed by atoms with Crippen molar-refractivity contribution in [3.63, 3.8) is 0 Å². The Bertz CT molecular complexity index is 1290. The lowest BCUT2D eigenvalue weighted by Gasteiger charge is -2.11. The van der Waals surface area contributed by atoms with Gasteiger partial charge in [0.15, 0.2) is 0 Å². The Morgan fingerprint density at radius 3 is 2.44 bits per heavy atom. The number of benzene rings is 2. The van der Waals surface area contributed by atoms with Crippen molar-refractivity contribution in [1.29, 1.82) is 0 Å². The first-order chi connectivity index (χ1) is 16.1. The number of carbonyl (C=O) groups is 2. The monoisotopic (exact) mass is 541 g/mol. The smallest absolute Gasteiger partial charge is 0.257 e. The second-order valence-corrected chi connectivity index (χ2v) is 9.79. The van der Waals surface area contributed by atoms with Crippen LogP contribution in [0.3, 0.4) is 0 Å². The molecule has 176 valence electrons. The van der Waals surface area contributed by atoms with E-state index >= 15 is 0 Å². The average molecular weight is 543 g/mol. The topological polar surface area (TPSA) is 80.3 Å². The van der Waals surface area contributed by atoms with Crippen molar-refractivity contribution in [3.05, 3.63) is 81.7 Å². The van der Waals surface area contributed by atoms with Crippen LogP contribution in [0, 0.1) is 11.7 Å². The molecule has 0 aliphatic heterocycles. The lowest BCUT2D eigenvalue weighted by atomic mass is 10.1. The summed E-state index contributed by atoms with van der Waals surface area (Å²) in [6.45, 7) is 0. The van der Waals surface area contributed by atoms with Crippen molar-refractivity contribution in [1.82, 2.24) is 4.98 Å². The summed E-state index contributed by atoms with van der Waals surface area (Å²) in [6, 6.07) is 11.7. The van der Waals surface area contributed by atoms with Crippen LogP contribution < -0.4 is 15.4 Å². The van der Waals surface area contributed by atoms with Gasteiger partial charge >= 0.3 is 0 Å². The Morgan fingerprint density at radius 2 is 1.74 bits per heavy atom. The van der Waals surface area contributed by atoms with E-state index in [1.165, 1.54) is 43.6 Å². The largest absolute Gasteiger partial charge is 0.481 e. The van der Waals surface area contributed by atoms with Gasteiger partial charge in [-0.1, -0.05) is 29.3 Å². The molecule has 1 aliphatic rings. The Balaban J connectivity index is 1.50. The van der Waals surface area contributed by atoms with E-state index in [0.29, 0.717) is 22.8 Å². The highest BCUT2D eigenvalue weighted by molar-refractivity contribution is 6.53. The predicted molar refractivity (Wildman–Crippen MR) is 131 cm³/mol. The van der Waals surface area contributed by atoms with Gasteiger partial charge in [0.05, 0.1) is 28.6 Å². The molecule has 2 atom stereocenters. The number of amides is 2. The number of pyridine rings is 1. The van der Waals surface area contributed by atoms with Crippen LogP contribution in [0.5, 0.6) is 5.88 Å². The molecule has 2 amide bonds. The Kier molecular flexibility index (Phi) is 6.92. The summed E-state index contributed by atoms with van der Waals surface area (Å²) in [5, 5.41) is 5.50. The number of ether oxygens (including phenoxy) is 1. The number of halogens is 5. The Hall–Kier alpha value is -2.58. The SMILES string of the molecule is COc1cc(NC(=O)c2cc(NC(=O)C3C(c4ccc(F)c(Cl)c4)C3(Cl)Cl)ccc2Cl)ccn1. The number of anilines is 2. The molecule has 11 heteroatoms. The van der Waals surface area contributed by atoms with Gasteiger partial charge in [0, 0.05) is 29.6 Å². The van der Waals surface area contributed by atoms with Gasteiger partial charge in [0.1, 0.15) is 10.2 Å². The van der Waals surface area contributed by atoms with Crippen LogP contribution in [-0.4, -0.2) is 28.2 Å². The number of aromatic nitrogens is 1. The van der Waals surface area contributed by atoms with Crippen molar-refractivity contribution in [2.45, 2.75) is 10.3 Å². The third-order valence-corrected chi connectivity index (χ3v) is 6.88. The lowest BCUT2D eigenvalue weighted by Crippen LogP contribution is -2.18. The van der Waals surface area contributed by atoms with Gasteiger partial charge in [-0.2, -0.15) is 0 Å². The van der Waals surface area contributed by atoms with E-state index in [1.54, 1.807) is 18.2 Å². The van der Waals surface area contributed by atoms with Gasteiger partial charge in [-0.3, -0.25) is 9.59 Å². The number of carbonyl (C=O) groups excluding carboxylic acids is 2. The van der Waals surface area contributed by atoms with Crippen LogP contribution in [-0.2, 0) is 4.79 Å². The van der Waals surface area contributed by atoms with Crippen LogP contribution >= 0.6 is 46.4 Å². The van der Waals surface area contributed by atoms with Crippen molar-refractivity contribution < 1.29 is 18.7 Å². The molecule has 2 aromatic carbocycles. The maximum atomic E-state index is 13.5. The highest BCUT2D eigenvalue weighted by Gasteiger charge is 2.67. The van der Waals surface area contributed by atoms with Gasteiger partial charge in [0.2, 0.25) is 11.8 Å². The minimum atomic E-state index is -1.39. The predicted octanol–water partition coefficient (Wildman–Crippen LogP) is 6.31. The Labute approximate surface area is 214 Å². The van der Waals surface area contributed by atoms with Crippen LogP contribution in [0.2, 0.25) is 10.0 Å². The van der Waals surface area contributed by atoms with Gasteiger partial charge < -0.3 is 15.4 Å². The minimum absolute atomic E-state index is 0.0899. The van der Waals surface area contributed by atoms with E-state index < -0.39 is 33.8 Å². The molecule has 1 saturated carbocycles. The van der Waals surface area contributed by atoms with Crippen LogP contribution in [0.4, 0.5) is 15.8 Å². The fraction of sp³-hybridized carbons (Fsp3) is 0.174. The molecule has 0 radical (unpaired) electrons. The van der Waals surface area contributed by atoms with Crippen molar-refractivity contribution in [3.8, 4) is 5.88 Å². The maximum absolute atomic E-state index is 13.5. The minimum Gasteiger partial charge on any atom is -0.481 e. The summed E-state index contributed by atoms with van der Waals surface area (Å²) in [6.07, 6.45) is 1.48. The zero-order valence-corrected chi connectivity index (χ0v) is 20.4. The summed E-state index contributed by atoms with van der Waals surface area (Å²) in [5.74, 6) is -2.61. The molecule has 0 bridgehead atoms. The molecule has 1 heterocycles. The molecule has 2 unspecified atom stereocenters. The number of hydrogen-bond donors (Lipinski definition) is 2. The number of nitrogens with zero attached hydrogens (tertiary/aromatic N) is 1. The zero-order valence-electron chi connectivity index (χ0n) is 17.4. The molecule has 34 heavy (non-hydrogen) atoms. The van der Waals surface area contributed by atoms with Crippen molar-refractivity contribution in [2.75, 3.05) is 17.7 Å². The molecule has 4 rings (SSSR count). The van der Waals surface area contributed by atoms with Crippen molar-refractivity contribution in [2.24, 2.45) is 5.92 Å². The average Bonchev–Trinajstić information content (AvgIpc) is 3.39. The highest BCUT2D eigenvalue weighted by Crippen LogP contribution is 2.65. The first-order valence-electron chi connectivity index (χ1n) is 9.86. The zero-order chi connectivity index (χ0) is 24.6. The van der Waals surface area contributed by atoms with Crippen LogP contribution in [0.1, 0.15) is 21.8 Å². The quantitative estimate of drug-likeness (QED) is 0.357. The third kappa shape index (κ3) is 4.93. The second-order valence-electron chi connectivity index (χ2n) is 7.53. The second kappa shape index (κ2) is 9.58. The van der Waals surface area contributed by atoms with Gasteiger partial charge in [-0.25, -0.2) is 9.37 Å². The fourth-order valence-corrected chi connectivity index (χ4v) is 4.79. The first-order valence-corrected chi connectivity index (χ1v) is 11.4. The normalized spacial score (nSPS) is 18.2. The third-order valence-electron chi connectivity index (χ3n) is 5.32. The fourth-order valence-electron chi connectivity index (χ4n) is 3.57. The maximum Gasteiger partial charge on any atom is 0.257 e. The van der Waals surface area contributed by atoms with Crippen molar-refractivity contribution >= 4 is 69.6 Å². The number of nitrogens with one attached hydrogen (secondary N) is 2. The standard InChI is InChI=1S/C23H16Cl4FN3O3/c1-34-18-10-13(6-7-29-18)30-21(32)14-9-12(3-4-15(14)24)31-22(33)20-19(23(20,26)27)11-2-5-17(28)16(25)8-11/h2-10,19-20H,1H3,(H,31,33)(H,29,30,32). The van der Waals surface area contributed by atoms with E-state index in [2.05, 4.69) is 15.6 Å². The van der Waals surface area contributed by atoms with E-state index in [9.17, 15) is 14.0 Å². The van der Waals surface area contributed by atoms with Gasteiger partial charge in [0.25, 0.3) is 5.91 Å². The van der Waals surface area contributed by atoms with E-state index in [4.69, 9.17) is 51.1 Å². The molecular weight excluding hydrogens is 527 g/mol. The summed E-state index contributed by atoms with van der Waals surface area (Å²) in [4.78, 5) is 29.7. The molecule has 2 N–H and O–H groups in total. The molecule has 1 aromatic heterocycles. The summed E-state index contributed by atoms with van der Waals surface area (Å²) >= 11 is 24.8. The molecule has 0 spiro atoms. The van der Waals surface area contributed by atoms with Gasteiger partial charge in [-0.15, -0.1) is 23.2 Å². The van der Waals surface area contributed by atoms with E-state index in [-0.39, 0.29) is 15.6 Å². The summed E-state index contributed by atoms with van der Waals surface area (Å²) in [5.41, 5.74) is 1.45. The molecular formula is C23H16Cl4FN3O3. The lowest BCUT2D eigenvalue weighted by molar-refractivity contribution is -0.117. The molecule has 1 fully saturated rings. The van der Waals surface area contributed by atoms with E-state index in [1.807, 2.05) is 0 Å². The van der Waals surface area contributed by atoms with Crippen LogP contribution in [0.25, 0.3) is 0 Å². The number of hydrogen-bond acceptors (Lipinski definition) is 4. The highest BCUT2D eigenvalue weighted by atomic mass is 35.5. The molecule has 3 aromatic rings. The molecule has 6 nitrogen and oxygen atoms in total. The number of alkyl halides is 2. The molecule has 1 aliphatic carbocycles. The van der Waals surface area contributed by atoms with Crippen LogP contribution in [0.15, 0.2) is 54.7 Å². The van der Waals surface area contributed by atoms with Gasteiger partial charge in [-0.05, 0) is 42.0 Å².